The molecule has 1 aliphatic rings. The lowest BCUT2D eigenvalue weighted by atomic mass is 10.1. The van der Waals surface area contributed by atoms with Gasteiger partial charge in [-0.05, 0) is 18.1 Å². The number of rotatable bonds is 3. The van der Waals surface area contributed by atoms with Crippen LogP contribution in [0.25, 0.3) is 0 Å². The van der Waals surface area contributed by atoms with E-state index in [0.29, 0.717) is 11.4 Å². The second-order valence-corrected chi connectivity index (χ2v) is 7.94. The number of hydrogen-bond acceptors (Lipinski definition) is 5. The summed E-state index contributed by atoms with van der Waals surface area (Å²) >= 11 is 1.12. The van der Waals surface area contributed by atoms with Crippen molar-refractivity contribution < 1.29 is 13.5 Å². The van der Waals surface area contributed by atoms with Crippen LogP contribution in [-0.2, 0) is 16.4 Å². The van der Waals surface area contributed by atoms with Crippen molar-refractivity contribution in [2.24, 2.45) is 0 Å². The molecule has 1 heterocycles. The van der Waals surface area contributed by atoms with Crippen LogP contribution < -0.4 is 4.72 Å². The number of thiazole rings is 1. The third-order valence-corrected chi connectivity index (χ3v) is 6.17. The predicted molar refractivity (Wildman–Crippen MR) is 76.1 cm³/mol. The van der Waals surface area contributed by atoms with Crippen molar-refractivity contribution in [1.29, 1.82) is 0 Å². The predicted octanol–water partition coefficient (Wildman–Crippen LogP) is 1.39. The molecule has 0 bridgehead atoms. The van der Waals surface area contributed by atoms with Gasteiger partial charge in [0.25, 0.3) is 10.0 Å². The minimum absolute atomic E-state index is 0.173. The van der Waals surface area contributed by atoms with E-state index < -0.39 is 22.2 Å². The average Bonchev–Trinajstić information content (AvgIpc) is 2.95. The number of sulfonamides is 1. The maximum atomic E-state index is 12.3. The molecule has 0 saturated carbocycles. The number of aliphatic hydroxyl groups excluding tert-OH is 1. The van der Waals surface area contributed by atoms with Gasteiger partial charge in [0.15, 0.2) is 4.21 Å². The van der Waals surface area contributed by atoms with E-state index in [2.05, 4.69) is 9.71 Å². The number of aliphatic hydroxyl groups is 1. The molecule has 0 spiro atoms. The normalized spacial score (nSPS) is 21.9. The molecule has 0 saturated heterocycles. The van der Waals surface area contributed by atoms with E-state index >= 15 is 0 Å². The van der Waals surface area contributed by atoms with Gasteiger partial charge < -0.3 is 5.11 Å². The van der Waals surface area contributed by atoms with E-state index in [9.17, 15) is 13.5 Å². The van der Waals surface area contributed by atoms with Crippen molar-refractivity contribution in [1.82, 2.24) is 9.71 Å². The zero-order valence-electron chi connectivity index (χ0n) is 10.8. The summed E-state index contributed by atoms with van der Waals surface area (Å²) in [5.74, 6) is 0. The first-order chi connectivity index (χ1) is 9.47. The Labute approximate surface area is 121 Å². The average molecular weight is 310 g/mol. The Kier molecular flexibility index (Phi) is 3.37. The Hall–Kier alpha value is -1.28. The van der Waals surface area contributed by atoms with Crippen molar-refractivity contribution >= 4 is 21.4 Å². The monoisotopic (exact) mass is 310 g/mol. The van der Waals surface area contributed by atoms with Crippen molar-refractivity contribution in [2.45, 2.75) is 29.7 Å². The quantitative estimate of drug-likeness (QED) is 0.898. The number of hydrogen-bond donors (Lipinski definition) is 2. The molecule has 106 valence electrons. The van der Waals surface area contributed by atoms with Crippen LogP contribution in [0.15, 0.2) is 34.7 Å². The van der Waals surface area contributed by atoms with Gasteiger partial charge in [-0.1, -0.05) is 24.3 Å². The topological polar surface area (TPSA) is 79.3 Å². The zero-order valence-corrected chi connectivity index (χ0v) is 12.4. The summed E-state index contributed by atoms with van der Waals surface area (Å²) in [5.41, 5.74) is 1.82. The second-order valence-electron chi connectivity index (χ2n) is 4.77. The number of benzene rings is 1. The molecule has 0 aliphatic heterocycles. The fourth-order valence-electron chi connectivity index (χ4n) is 2.41. The number of aromatic nitrogens is 1. The third kappa shape index (κ3) is 2.37. The highest BCUT2D eigenvalue weighted by molar-refractivity contribution is 7.91. The Bertz CT molecular complexity index is 740. The summed E-state index contributed by atoms with van der Waals surface area (Å²) in [7, 11) is -3.65. The van der Waals surface area contributed by atoms with Gasteiger partial charge in [-0.25, -0.2) is 18.1 Å². The van der Waals surface area contributed by atoms with Gasteiger partial charge in [-0.15, -0.1) is 11.3 Å². The highest BCUT2D eigenvalue weighted by Crippen LogP contribution is 2.33. The Morgan fingerprint density at radius 3 is 2.85 bits per heavy atom. The smallest absolute Gasteiger partial charge is 0.252 e. The van der Waals surface area contributed by atoms with Crippen LogP contribution in [0.2, 0.25) is 0 Å². The second kappa shape index (κ2) is 4.92. The standard InChI is InChI=1S/C13H14N2O3S2/c1-8-14-7-12(19-8)20(17,18)15-13-10-5-3-2-4-9(10)6-11(13)16/h2-5,7,11,13,15-16H,6H2,1H3/t11-,13+/m1/s1. The van der Waals surface area contributed by atoms with Gasteiger partial charge in [0.2, 0.25) is 0 Å². The molecule has 2 atom stereocenters. The molecular formula is C13H14N2O3S2. The summed E-state index contributed by atoms with van der Waals surface area (Å²) in [4.78, 5) is 3.96. The van der Waals surface area contributed by atoms with Gasteiger partial charge in [0, 0.05) is 6.42 Å². The van der Waals surface area contributed by atoms with Crippen LogP contribution in [0.5, 0.6) is 0 Å². The van der Waals surface area contributed by atoms with Gasteiger partial charge >= 0.3 is 0 Å². The molecule has 0 unspecified atom stereocenters. The molecule has 1 aromatic carbocycles. The van der Waals surface area contributed by atoms with Crippen molar-refractivity contribution in [3.8, 4) is 0 Å². The fourth-order valence-corrected chi connectivity index (χ4v) is 4.78. The Morgan fingerprint density at radius 1 is 1.40 bits per heavy atom. The molecule has 2 N–H and O–H groups in total. The molecule has 1 aromatic heterocycles. The van der Waals surface area contributed by atoms with E-state index in [1.54, 1.807) is 6.92 Å². The molecule has 0 fully saturated rings. The van der Waals surface area contributed by atoms with E-state index in [1.807, 2.05) is 24.3 Å². The molecule has 0 amide bonds. The molecule has 7 heteroatoms. The van der Waals surface area contributed by atoms with E-state index in [1.165, 1.54) is 6.20 Å². The Balaban J connectivity index is 1.92. The Morgan fingerprint density at radius 2 is 2.15 bits per heavy atom. The minimum atomic E-state index is -3.65. The van der Waals surface area contributed by atoms with Gasteiger partial charge in [0.05, 0.1) is 23.4 Å². The third-order valence-electron chi connectivity index (χ3n) is 3.35. The molecule has 3 rings (SSSR count). The molecule has 1 aliphatic carbocycles. The van der Waals surface area contributed by atoms with Crippen molar-refractivity contribution in [2.75, 3.05) is 0 Å². The lowest BCUT2D eigenvalue weighted by Gasteiger charge is -2.17. The van der Waals surface area contributed by atoms with E-state index in [0.717, 1.165) is 22.5 Å². The molecule has 5 nitrogen and oxygen atoms in total. The molecule has 2 aromatic rings. The van der Waals surface area contributed by atoms with Crippen LogP contribution in [-0.4, -0.2) is 24.6 Å². The lowest BCUT2D eigenvalue weighted by Crippen LogP contribution is -2.33. The first-order valence-electron chi connectivity index (χ1n) is 6.18. The number of nitrogens with zero attached hydrogens (tertiary/aromatic N) is 1. The van der Waals surface area contributed by atoms with E-state index in [-0.39, 0.29) is 4.21 Å². The van der Waals surface area contributed by atoms with Gasteiger partial charge in [-0.2, -0.15) is 0 Å². The van der Waals surface area contributed by atoms with Gasteiger partial charge in [0.1, 0.15) is 0 Å². The summed E-state index contributed by atoms with van der Waals surface area (Å²) in [6, 6.07) is 6.88. The molecule has 20 heavy (non-hydrogen) atoms. The SMILES string of the molecule is Cc1ncc(S(=O)(=O)N[C@H]2c3ccccc3C[C@H]2O)s1. The van der Waals surface area contributed by atoms with Crippen LogP contribution >= 0.6 is 11.3 Å². The van der Waals surface area contributed by atoms with Crippen molar-refractivity contribution in [3.05, 3.63) is 46.6 Å². The van der Waals surface area contributed by atoms with Crippen LogP contribution in [0.3, 0.4) is 0 Å². The van der Waals surface area contributed by atoms with E-state index in [4.69, 9.17) is 0 Å². The van der Waals surface area contributed by atoms with Gasteiger partial charge in [-0.3, -0.25) is 0 Å². The van der Waals surface area contributed by atoms with Crippen LogP contribution in [0.1, 0.15) is 22.2 Å². The summed E-state index contributed by atoms with van der Waals surface area (Å²) in [6.07, 6.45) is 1.07. The summed E-state index contributed by atoms with van der Waals surface area (Å²) in [6.45, 7) is 1.75. The summed E-state index contributed by atoms with van der Waals surface area (Å²) in [5, 5.41) is 10.8. The first-order valence-corrected chi connectivity index (χ1v) is 8.48. The molecule has 0 radical (unpaired) electrons. The van der Waals surface area contributed by atoms with Crippen LogP contribution in [0.4, 0.5) is 0 Å². The first kappa shape index (κ1) is 13.7. The highest BCUT2D eigenvalue weighted by atomic mass is 32.2. The number of aryl methyl sites for hydroxylation is 1. The summed E-state index contributed by atoms with van der Waals surface area (Å²) < 4.78 is 27.4. The minimum Gasteiger partial charge on any atom is -0.391 e. The maximum Gasteiger partial charge on any atom is 0.252 e. The maximum absolute atomic E-state index is 12.3. The fraction of sp³-hybridized carbons (Fsp3) is 0.308. The largest absolute Gasteiger partial charge is 0.391 e. The number of nitrogens with one attached hydrogen (secondary N) is 1. The highest BCUT2D eigenvalue weighted by Gasteiger charge is 2.34. The van der Waals surface area contributed by atoms with Crippen molar-refractivity contribution in [3.63, 3.8) is 0 Å². The molecular weight excluding hydrogens is 296 g/mol. The number of fused-ring (bicyclic) bond motifs is 1. The lowest BCUT2D eigenvalue weighted by molar-refractivity contribution is 0.151. The van der Waals surface area contributed by atoms with Crippen LogP contribution in [0, 0.1) is 6.92 Å². The zero-order chi connectivity index (χ0) is 14.3.